The van der Waals surface area contributed by atoms with Crippen molar-refractivity contribution in [2.75, 3.05) is 20.3 Å². The highest BCUT2D eigenvalue weighted by molar-refractivity contribution is 7.89. The first kappa shape index (κ1) is 13.5. The number of rotatable bonds is 4. The predicted molar refractivity (Wildman–Crippen MR) is 65.5 cm³/mol. The normalized spacial score (nSPS) is 20.8. The van der Waals surface area contributed by atoms with E-state index in [1.165, 1.54) is 10.4 Å². The van der Waals surface area contributed by atoms with Gasteiger partial charge in [-0.3, -0.25) is 0 Å². The van der Waals surface area contributed by atoms with Crippen molar-refractivity contribution < 1.29 is 17.6 Å². The number of nitrogens with zero attached hydrogens (tertiary/aromatic N) is 1. The number of likely N-dealkylation sites (N-methyl/N-ethyl adjacent to an activating group) is 1. The van der Waals surface area contributed by atoms with Gasteiger partial charge in [0.2, 0.25) is 10.0 Å². The number of sulfonamides is 1. The Balaban J connectivity index is 2.31. The van der Waals surface area contributed by atoms with Gasteiger partial charge in [-0.05, 0) is 13.3 Å². The fourth-order valence-corrected chi connectivity index (χ4v) is 3.60. The average molecular weight is 274 g/mol. The second-order valence-corrected chi connectivity index (χ2v) is 6.34. The Morgan fingerprint density at radius 2 is 2.28 bits per heavy atom. The van der Waals surface area contributed by atoms with E-state index in [1.54, 1.807) is 14.0 Å². The number of hydrogen-bond acceptors (Lipinski definition) is 5. The van der Waals surface area contributed by atoms with Crippen molar-refractivity contribution in [2.45, 2.75) is 30.8 Å². The molecule has 0 aromatic carbocycles. The SMILES string of the molecule is Cc1oc(CN)cc1S(=O)(=O)N(C)C1CCOC1. The molecule has 1 unspecified atom stereocenters. The Bertz CT molecular complexity index is 517. The molecule has 2 rings (SSSR count). The van der Waals surface area contributed by atoms with Crippen molar-refractivity contribution >= 4 is 10.0 Å². The largest absolute Gasteiger partial charge is 0.464 e. The molecular formula is C11H18N2O4S. The van der Waals surface area contributed by atoms with Gasteiger partial charge in [0.05, 0.1) is 19.2 Å². The summed E-state index contributed by atoms with van der Waals surface area (Å²) in [5.41, 5.74) is 5.45. The molecule has 1 saturated heterocycles. The lowest BCUT2D eigenvalue weighted by Gasteiger charge is -2.21. The van der Waals surface area contributed by atoms with Gasteiger partial charge in [0.1, 0.15) is 16.4 Å². The molecule has 1 aromatic rings. The maximum Gasteiger partial charge on any atom is 0.246 e. The monoisotopic (exact) mass is 274 g/mol. The zero-order valence-corrected chi connectivity index (χ0v) is 11.4. The number of nitrogens with two attached hydrogens (primary N) is 1. The minimum atomic E-state index is -3.54. The second-order valence-electron chi connectivity index (χ2n) is 4.38. The lowest BCUT2D eigenvalue weighted by molar-refractivity contribution is 0.181. The van der Waals surface area contributed by atoms with Gasteiger partial charge < -0.3 is 14.9 Å². The average Bonchev–Trinajstić information content (AvgIpc) is 2.96. The van der Waals surface area contributed by atoms with Crippen LogP contribution in [0.25, 0.3) is 0 Å². The fourth-order valence-electron chi connectivity index (χ4n) is 2.04. The van der Waals surface area contributed by atoms with Crippen LogP contribution >= 0.6 is 0 Å². The van der Waals surface area contributed by atoms with Crippen molar-refractivity contribution in [3.05, 3.63) is 17.6 Å². The molecule has 0 aliphatic carbocycles. The van der Waals surface area contributed by atoms with Crippen LogP contribution in [0.5, 0.6) is 0 Å². The van der Waals surface area contributed by atoms with Crippen molar-refractivity contribution in [3.8, 4) is 0 Å². The van der Waals surface area contributed by atoms with Crippen LogP contribution in [-0.2, 0) is 21.3 Å². The molecule has 0 bridgehead atoms. The van der Waals surface area contributed by atoms with Crippen molar-refractivity contribution in [1.29, 1.82) is 0 Å². The van der Waals surface area contributed by atoms with Crippen molar-refractivity contribution in [1.82, 2.24) is 4.31 Å². The second kappa shape index (κ2) is 5.00. The van der Waals surface area contributed by atoms with Gasteiger partial charge in [0.25, 0.3) is 0 Å². The van der Waals surface area contributed by atoms with E-state index in [1.807, 2.05) is 0 Å². The van der Waals surface area contributed by atoms with E-state index in [2.05, 4.69) is 0 Å². The minimum Gasteiger partial charge on any atom is -0.464 e. The molecule has 0 spiro atoms. The van der Waals surface area contributed by atoms with Gasteiger partial charge in [0, 0.05) is 19.7 Å². The number of ether oxygens (including phenoxy) is 1. The summed E-state index contributed by atoms with van der Waals surface area (Å²) in [7, 11) is -1.97. The first-order chi connectivity index (χ1) is 8.46. The summed E-state index contributed by atoms with van der Waals surface area (Å²) in [5.74, 6) is 0.850. The third-order valence-corrected chi connectivity index (χ3v) is 5.22. The number of hydrogen-bond donors (Lipinski definition) is 1. The molecular weight excluding hydrogens is 256 g/mol. The standard InChI is InChI=1S/C11H18N2O4S/c1-8-11(5-10(6-12)17-8)18(14,15)13(2)9-3-4-16-7-9/h5,9H,3-4,6-7,12H2,1-2H3. The molecule has 7 heteroatoms. The molecule has 102 valence electrons. The lowest BCUT2D eigenvalue weighted by atomic mass is 10.3. The van der Waals surface area contributed by atoms with Gasteiger partial charge in [0.15, 0.2) is 0 Å². The first-order valence-electron chi connectivity index (χ1n) is 5.82. The molecule has 18 heavy (non-hydrogen) atoms. The van der Waals surface area contributed by atoms with Crippen LogP contribution in [0.1, 0.15) is 17.9 Å². The van der Waals surface area contributed by atoms with Gasteiger partial charge in [-0.2, -0.15) is 4.31 Å². The molecule has 1 fully saturated rings. The topological polar surface area (TPSA) is 85.8 Å². The molecule has 0 amide bonds. The highest BCUT2D eigenvalue weighted by Gasteiger charge is 2.33. The third kappa shape index (κ3) is 2.31. The van der Waals surface area contributed by atoms with E-state index in [0.717, 1.165) is 6.42 Å². The van der Waals surface area contributed by atoms with Gasteiger partial charge in [-0.25, -0.2) is 8.42 Å². The van der Waals surface area contributed by atoms with Gasteiger partial charge in [-0.15, -0.1) is 0 Å². The van der Waals surface area contributed by atoms with Crippen molar-refractivity contribution in [3.63, 3.8) is 0 Å². The molecule has 6 nitrogen and oxygen atoms in total. The third-order valence-electron chi connectivity index (χ3n) is 3.20. The Labute approximate surface area is 107 Å². The molecule has 1 aliphatic heterocycles. The maximum atomic E-state index is 12.4. The lowest BCUT2D eigenvalue weighted by Crippen LogP contribution is -2.37. The van der Waals surface area contributed by atoms with Gasteiger partial charge in [-0.1, -0.05) is 0 Å². The van der Waals surface area contributed by atoms with Crippen LogP contribution in [-0.4, -0.2) is 39.0 Å². The molecule has 0 saturated carbocycles. The van der Waals surface area contributed by atoms with E-state index in [-0.39, 0.29) is 17.5 Å². The van der Waals surface area contributed by atoms with E-state index in [4.69, 9.17) is 14.9 Å². The van der Waals surface area contributed by atoms with E-state index < -0.39 is 10.0 Å². The number of aryl methyl sites for hydroxylation is 1. The maximum absolute atomic E-state index is 12.4. The molecule has 1 atom stereocenters. The summed E-state index contributed by atoms with van der Waals surface area (Å²) < 4.78 is 36.8. The van der Waals surface area contributed by atoms with Crippen LogP contribution < -0.4 is 5.73 Å². The smallest absolute Gasteiger partial charge is 0.246 e. The number of furan rings is 1. The van der Waals surface area contributed by atoms with Crippen LogP contribution in [0.4, 0.5) is 0 Å². The highest BCUT2D eigenvalue weighted by atomic mass is 32.2. The van der Waals surface area contributed by atoms with Crippen molar-refractivity contribution in [2.24, 2.45) is 5.73 Å². The molecule has 2 heterocycles. The van der Waals surface area contributed by atoms with Crippen LogP contribution in [0.15, 0.2) is 15.4 Å². The zero-order chi connectivity index (χ0) is 13.3. The molecule has 1 aliphatic rings. The summed E-state index contributed by atoms with van der Waals surface area (Å²) in [4.78, 5) is 0.192. The zero-order valence-electron chi connectivity index (χ0n) is 10.5. The summed E-state index contributed by atoms with van der Waals surface area (Å²) in [5, 5.41) is 0. The van der Waals surface area contributed by atoms with Crippen LogP contribution in [0.3, 0.4) is 0 Å². The molecule has 1 aromatic heterocycles. The Kier molecular flexibility index (Phi) is 3.76. The van der Waals surface area contributed by atoms with E-state index in [9.17, 15) is 8.42 Å². The summed E-state index contributed by atoms with van der Waals surface area (Å²) in [6.07, 6.45) is 0.719. The van der Waals surface area contributed by atoms with Crippen LogP contribution in [0.2, 0.25) is 0 Å². The molecule has 2 N–H and O–H groups in total. The quantitative estimate of drug-likeness (QED) is 0.862. The minimum absolute atomic E-state index is 0.106. The Hall–Kier alpha value is -0.890. The predicted octanol–water partition coefficient (Wildman–Crippen LogP) is 0.456. The summed E-state index contributed by atoms with van der Waals surface area (Å²) >= 11 is 0. The Morgan fingerprint density at radius 1 is 1.56 bits per heavy atom. The Morgan fingerprint density at radius 3 is 2.78 bits per heavy atom. The fraction of sp³-hybridized carbons (Fsp3) is 0.636. The summed E-state index contributed by atoms with van der Waals surface area (Å²) in [6.45, 7) is 2.86. The van der Waals surface area contributed by atoms with Crippen LogP contribution in [0, 0.1) is 6.92 Å². The first-order valence-corrected chi connectivity index (χ1v) is 7.26. The molecule has 0 radical (unpaired) electrons. The summed E-state index contributed by atoms with van der Waals surface area (Å²) in [6, 6.07) is 1.39. The van der Waals surface area contributed by atoms with Gasteiger partial charge >= 0.3 is 0 Å². The highest BCUT2D eigenvalue weighted by Crippen LogP contribution is 2.25. The van der Waals surface area contributed by atoms with E-state index >= 15 is 0 Å². The van der Waals surface area contributed by atoms with E-state index in [0.29, 0.717) is 24.7 Å².